The molecular weight excluding hydrogens is 307 g/mol. The fourth-order valence-electron chi connectivity index (χ4n) is 4.32. The van der Waals surface area contributed by atoms with Gasteiger partial charge in [-0.15, -0.1) is 0 Å². The van der Waals surface area contributed by atoms with E-state index in [-0.39, 0.29) is 11.4 Å². The molecule has 124 valence electrons. The molecule has 1 aromatic carbocycles. The van der Waals surface area contributed by atoms with Crippen molar-refractivity contribution in [3.63, 3.8) is 0 Å². The van der Waals surface area contributed by atoms with Gasteiger partial charge >= 0.3 is 0 Å². The Bertz CT molecular complexity index is 831. The zero-order valence-corrected chi connectivity index (χ0v) is 13.3. The number of halogens is 1. The first kappa shape index (κ1) is 14.3. The van der Waals surface area contributed by atoms with Crippen LogP contribution >= 0.6 is 0 Å². The fraction of sp³-hybridized carbons (Fsp3) is 0.444. The Hall–Kier alpha value is -2.05. The van der Waals surface area contributed by atoms with E-state index in [0.29, 0.717) is 11.7 Å². The Morgan fingerprint density at radius 2 is 2.12 bits per heavy atom. The number of rotatable bonds is 1. The smallest absolute Gasteiger partial charge is 0.154 e. The van der Waals surface area contributed by atoms with Gasteiger partial charge in [0.1, 0.15) is 17.3 Å². The predicted molar refractivity (Wildman–Crippen MR) is 89.5 cm³/mol. The van der Waals surface area contributed by atoms with Gasteiger partial charge in [-0.05, 0) is 55.4 Å². The first-order chi connectivity index (χ1) is 11.7. The molecule has 5 nitrogen and oxygen atoms in total. The van der Waals surface area contributed by atoms with Gasteiger partial charge in [0, 0.05) is 24.5 Å². The Labute approximate surface area is 139 Å². The van der Waals surface area contributed by atoms with Gasteiger partial charge in [-0.3, -0.25) is 10.3 Å². The number of hydroxylamine groups is 1. The van der Waals surface area contributed by atoms with E-state index >= 15 is 0 Å². The third-order valence-electron chi connectivity index (χ3n) is 5.58. The van der Waals surface area contributed by atoms with Crippen LogP contribution in [0.1, 0.15) is 19.3 Å². The van der Waals surface area contributed by atoms with Crippen LogP contribution in [0.15, 0.2) is 35.5 Å². The van der Waals surface area contributed by atoms with Gasteiger partial charge < -0.3 is 4.90 Å². The SMILES string of the molecule is Fc1ccc2cc(N=C3C[C@@]4(CN5CCC4CC5)ON3)ncc2c1. The predicted octanol–water partition coefficient (Wildman–Crippen LogP) is 2.79. The normalized spacial score (nSPS) is 33.5. The molecule has 4 saturated heterocycles. The monoisotopic (exact) mass is 326 g/mol. The van der Waals surface area contributed by atoms with Crippen molar-refractivity contribution in [3.8, 4) is 0 Å². The highest BCUT2D eigenvalue weighted by Crippen LogP contribution is 2.42. The molecule has 1 spiro atoms. The molecule has 24 heavy (non-hydrogen) atoms. The Morgan fingerprint density at radius 1 is 1.25 bits per heavy atom. The number of nitrogens with zero attached hydrogens (tertiary/aromatic N) is 3. The number of aliphatic imine (C=N–C) groups is 1. The summed E-state index contributed by atoms with van der Waals surface area (Å²) in [4.78, 5) is 17.4. The number of piperidine rings is 3. The number of nitrogens with one attached hydrogen (secondary N) is 1. The Morgan fingerprint density at radius 3 is 2.92 bits per heavy atom. The Balaban J connectivity index is 1.42. The lowest BCUT2D eigenvalue weighted by Gasteiger charge is -2.49. The molecule has 4 aliphatic rings. The highest BCUT2D eigenvalue weighted by Gasteiger charge is 2.52. The number of pyridine rings is 1. The largest absolute Gasteiger partial charge is 0.300 e. The van der Waals surface area contributed by atoms with Crippen LogP contribution in [0.25, 0.3) is 10.8 Å². The van der Waals surface area contributed by atoms with Crippen molar-refractivity contribution in [2.75, 3.05) is 19.6 Å². The van der Waals surface area contributed by atoms with Crippen molar-refractivity contribution in [2.45, 2.75) is 24.9 Å². The van der Waals surface area contributed by atoms with Crippen molar-refractivity contribution in [1.82, 2.24) is 15.4 Å². The molecule has 0 saturated carbocycles. The molecule has 0 aliphatic carbocycles. The zero-order chi connectivity index (χ0) is 16.1. The third kappa shape index (κ3) is 2.29. The molecular formula is C18H19FN4O. The summed E-state index contributed by atoms with van der Waals surface area (Å²) in [6, 6.07) is 6.57. The van der Waals surface area contributed by atoms with Crippen molar-refractivity contribution in [1.29, 1.82) is 0 Å². The topological polar surface area (TPSA) is 49.8 Å². The number of amidine groups is 1. The van der Waals surface area contributed by atoms with E-state index in [9.17, 15) is 4.39 Å². The number of aromatic nitrogens is 1. The van der Waals surface area contributed by atoms with Crippen LogP contribution in [0, 0.1) is 11.7 Å². The van der Waals surface area contributed by atoms with Gasteiger partial charge in [-0.1, -0.05) is 6.07 Å². The number of fused-ring (bicyclic) bond motifs is 3. The molecule has 6 heteroatoms. The molecule has 5 heterocycles. The standard InChI is InChI=1S/C18H19FN4O/c19-15-2-1-12-8-16(20-10-13(12)7-15)21-17-9-18(24-22-17)11-23-5-3-14(18)4-6-23/h1-2,7-8,10,14H,3-6,9,11H2,(H,20,21,22)/t18-/m0/s1. The first-order valence-electron chi connectivity index (χ1n) is 8.49. The van der Waals surface area contributed by atoms with E-state index in [1.165, 1.54) is 38.1 Å². The third-order valence-corrected chi connectivity index (χ3v) is 5.58. The maximum atomic E-state index is 13.3. The van der Waals surface area contributed by atoms with Crippen LogP contribution in [0.5, 0.6) is 0 Å². The lowest BCUT2D eigenvalue weighted by atomic mass is 9.74. The average Bonchev–Trinajstić information content (AvgIpc) is 2.98. The number of hydrogen-bond acceptors (Lipinski definition) is 4. The quantitative estimate of drug-likeness (QED) is 0.875. The van der Waals surface area contributed by atoms with Gasteiger partial charge in [0.2, 0.25) is 0 Å². The van der Waals surface area contributed by atoms with E-state index in [1.54, 1.807) is 12.3 Å². The van der Waals surface area contributed by atoms with E-state index in [0.717, 1.165) is 29.6 Å². The van der Waals surface area contributed by atoms with Gasteiger partial charge in [0.25, 0.3) is 0 Å². The summed E-state index contributed by atoms with van der Waals surface area (Å²) in [7, 11) is 0. The lowest BCUT2D eigenvalue weighted by molar-refractivity contribution is -0.150. The molecule has 4 aliphatic heterocycles. The summed E-state index contributed by atoms with van der Waals surface area (Å²) >= 11 is 0. The molecule has 0 unspecified atom stereocenters. The lowest BCUT2D eigenvalue weighted by Crippen LogP contribution is -2.59. The van der Waals surface area contributed by atoms with Crippen molar-refractivity contribution >= 4 is 22.4 Å². The van der Waals surface area contributed by atoms with E-state index in [4.69, 9.17) is 4.84 Å². The van der Waals surface area contributed by atoms with Crippen molar-refractivity contribution in [2.24, 2.45) is 10.9 Å². The minimum absolute atomic E-state index is 0.130. The second-order valence-electron chi connectivity index (χ2n) is 7.09. The van der Waals surface area contributed by atoms with Crippen LogP contribution < -0.4 is 5.48 Å². The van der Waals surface area contributed by atoms with Gasteiger partial charge in [-0.2, -0.15) is 0 Å². The Kier molecular flexibility index (Phi) is 3.11. The zero-order valence-electron chi connectivity index (χ0n) is 13.3. The molecule has 1 N–H and O–H groups in total. The highest BCUT2D eigenvalue weighted by atomic mass is 19.1. The molecule has 4 fully saturated rings. The van der Waals surface area contributed by atoms with Crippen LogP contribution in [0.4, 0.5) is 10.2 Å². The van der Waals surface area contributed by atoms with E-state index < -0.39 is 0 Å². The summed E-state index contributed by atoms with van der Waals surface area (Å²) in [6.45, 7) is 3.35. The second kappa shape index (κ2) is 5.22. The number of benzene rings is 1. The minimum Gasteiger partial charge on any atom is -0.300 e. The van der Waals surface area contributed by atoms with Gasteiger partial charge in [-0.25, -0.2) is 14.4 Å². The molecule has 6 rings (SSSR count). The molecule has 1 aromatic heterocycles. The fourth-order valence-corrected chi connectivity index (χ4v) is 4.32. The second-order valence-corrected chi connectivity index (χ2v) is 7.09. The molecule has 1 atom stereocenters. The summed E-state index contributed by atoms with van der Waals surface area (Å²) in [5, 5.41) is 1.71. The first-order valence-corrected chi connectivity index (χ1v) is 8.49. The van der Waals surface area contributed by atoms with Gasteiger partial charge in [0.05, 0.1) is 0 Å². The van der Waals surface area contributed by atoms with Crippen molar-refractivity contribution in [3.05, 3.63) is 36.3 Å². The average molecular weight is 326 g/mol. The minimum atomic E-state index is -0.251. The molecule has 2 aromatic rings. The number of hydrogen-bond donors (Lipinski definition) is 1. The summed E-state index contributed by atoms with van der Waals surface area (Å²) < 4.78 is 13.3. The van der Waals surface area contributed by atoms with Crippen molar-refractivity contribution < 1.29 is 9.23 Å². The summed E-state index contributed by atoms with van der Waals surface area (Å²) in [6.07, 6.45) is 4.87. The maximum absolute atomic E-state index is 13.3. The maximum Gasteiger partial charge on any atom is 0.154 e. The highest BCUT2D eigenvalue weighted by molar-refractivity contribution is 5.88. The molecule has 0 amide bonds. The molecule has 0 radical (unpaired) electrons. The van der Waals surface area contributed by atoms with E-state index in [2.05, 4.69) is 20.4 Å². The molecule has 2 bridgehead atoms. The van der Waals surface area contributed by atoms with E-state index in [1.807, 2.05) is 6.07 Å². The summed E-state index contributed by atoms with van der Waals surface area (Å²) in [5.41, 5.74) is 2.90. The van der Waals surface area contributed by atoms with Crippen LogP contribution in [0.2, 0.25) is 0 Å². The van der Waals surface area contributed by atoms with Gasteiger partial charge in [0.15, 0.2) is 5.82 Å². The van der Waals surface area contributed by atoms with Crippen LogP contribution in [-0.2, 0) is 4.84 Å². The van der Waals surface area contributed by atoms with Crippen LogP contribution in [0.3, 0.4) is 0 Å². The summed E-state index contributed by atoms with van der Waals surface area (Å²) in [5.74, 6) is 1.81. The van der Waals surface area contributed by atoms with Crippen LogP contribution in [-0.4, -0.2) is 41.0 Å².